The van der Waals surface area contributed by atoms with Gasteiger partial charge in [-0.2, -0.15) is 0 Å². The van der Waals surface area contributed by atoms with E-state index in [1.54, 1.807) is 24.3 Å². The second-order valence-electron chi connectivity index (χ2n) is 4.71. The number of rotatable bonds is 7. The van der Waals surface area contributed by atoms with Gasteiger partial charge in [-0.3, -0.25) is 9.59 Å². The molecule has 0 amide bonds. The van der Waals surface area contributed by atoms with Gasteiger partial charge >= 0.3 is 5.97 Å². The Labute approximate surface area is 127 Å². The quantitative estimate of drug-likeness (QED) is 0.629. The third-order valence-corrected chi connectivity index (χ3v) is 3.03. The van der Waals surface area contributed by atoms with Crippen LogP contribution in [0.3, 0.4) is 0 Å². The van der Waals surface area contributed by atoms with Crippen LogP contribution in [0.25, 0.3) is 0 Å². The summed E-state index contributed by atoms with van der Waals surface area (Å²) in [7, 11) is 0. The van der Waals surface area contributed by atoms with E-state index in [9.17, 15) is 14.0 Å². The van der Waals surface area contributed by atoms with E-state index in [0.29, 0.717) is 29.9 Å². The standard InChI is InChI=1S/C17H15FO4/c18-14-7-3-12(4-8-14)17(21)13-5-9-15(10-6-13)22-11-1-2-16(19)20/h3-10H,1-2,11H2,(H,19,20). The predicted octanol–water partition coefficient (Wildman–Crippen LogP) is 3.30. The number of halogens is 1. The highest BCUT2D eigenvalue weighted by atomic mass is 19.1. The minimum absolute atomic E-state index is 0.0567. The van der Waals surface area contributed by atoms with E-state index in [1.165, 1.54) is 24.3 Å². The van der Waals surface area contributed by atoms with Gasteiger partial charge in [-0.05, 0) is 55.0 Å². The number of carboxylic acids is 1. The molecule has 0 aliphatic carbocycles. The smallest absolute Gasteiger partial charge is 0.303 e. The molecule has 2 aromatic carbocycles. The van der Waals surface area contributed by atoms with Gasteiger partial charge in [0, 0.05) is 17.5 Å². The Morgan fingerprint density at radius 2 is 1.50 bits per heavy atom. The van der Waals surface area contributed by atoms with Gasteiger partial charge < -0.3 is 9.84 Å². The largest absolute Gasteiger partial charge is 0.494 e. The summed E-state index contributed by atoms with van der Waals surface area (Å²) in [5.41, 5.74) is 0.890. The van der Waals surface area contributed by atoms with Crippen molar-refractivity contribution in [2.45, 2.75) is 12.8 Å². The third kappa shape index (κ3) is 4.41. The highest BCUT2D eigenvalue weighted by Gasteiger charge is 2.09. The van der Waals surface area contributed by atoms with Crippen molar-refractivity contribution >= 4 is 11.8 Å². The highest BCUT2D eigenvalue weighted by molar-refractivity contribution is 6.08. The molecule has 0 aliphatic rings. The number of aliphatic carboxylic acids is 1. The summed E-state index contributed by atoms with van der Waals surface area (Å²) in [4.78, 5) is 22.5. The van der Waals surface area contributed by atoms with Gasteiger partial charge in [-0.15, -0.1) is 0 Å². The molecule has 2 rings (SSSR count). The van der Waals surface area contributed by atoms with E-state index in [-0.39, 0.29) is 18.0 Å². The molecule has 0 aliphatic heterocycles. The first-order valence-electron chi connectivity index (χ1n) is 6.81. The maximum atomic E-state index is 12.8. The molecule has 114 valence electrons. The van der Waals surface area contributed by atoms with Gasteiger partial charge in [-0.25, -0.2) is 4.39 Å². The normalized spacial score (nSPS) is 10.2. The number of carbonyl (C=O) groups excluding carboxylic acids is 1. The topological polar surface area (TPSA) is 63.6 Å². The van der Waals surface area contributed by atoms with Crippen molar-refractivity contribution in [3.8, 4) is 5.75 Å². The predicted molar refractivity (Wildman–Crippen MR) is 78.6 cm³/mol. The molecule has 0 spiro atoms. The van der Waals surface area contributed by atoms with Crippen LogP contribution in [0.2, 0.25) is 0 Å². The number of carbonyl (C=O) groups is 2. The maximum Gasteiger partial charge on any atom is 0.303 e. The molecule has 0 saturated carbocycles. The van der Waals surface area contributed by atoms with Crippen molar-refractivity contribution in [3.05, 3.63) is 65.5 Å². The number of benzene rings is 2. The number of hydrogen-bond acceptors (Lipinski definition) is 3. The van der Waals surface area contributed by atoms with E-state index in [1.807, 2.05) is 0 Å². The molecule has 4 nitrogen and oxygen atoms in total. The van der Waals surface area contributed by atoms with Crippen LogP contribution in [0.1, 0.15) is 28.8 Å². The molecular weight excluding hydrogens is 287 g/mol. The van der Waals surface area contributed by atoms with E-state index in [2.05, 4.69) is 0 Å². The molecule has 0 bridgehead atoms. The maximum absolute atomic E-state index is 12.8. The summed E-state index contributed by atoms with van der Waals surface area (Å²) < 4.78 is 18.2. The lowest BCUT2D eigenvalue weighted by Crippen LogP contribution is -2.03. The van der Waals surface area contributed by atoms with Crippen LogP contribution in [0.4, 0.5) is 4.39 Å². The van der Waals surface area contributed by atoms with Gasteiger partial charge in [0.05, 0.1) is 6.61 Å². The SMILES string of the molecule is O=C(O)CCCOc1ccc(C(=O)c2ccc(F)cc2)cc1. The summed E-state index contributed by atoms with van der Waals surface area (Å²) in [5.74, 6) is -0.871. The van der Waals surface area contributed by atoms with Gasteiger partial charge in [-0.1, -0.05) is 0 Å². The monoisotopic (exact) mass is 302 g/mol. The Morgan fingerprint density at radius 1 is 0.955 bits per heavy atom. The van der Waals surface area contributed by atoms with E-state index >= 15 is 0 Å². The lowest BCUT2D eigenvalue weighted by Gasteiger charge is -2.06. The molecule has 0 fully saturated rings. The zero-order valence-corrected chi connectivity index (χ0v) is 11.8. The van der Waals surface area contributed by atoms with Crippen molar-refractivity contribution in [1.82, 2.24) is 0 Å². The second kappa shape index (κ2) is 7.36. The first-order chi connectivity index (χ1) is 10.6. The van der Waals surface area contributed by atoms with Crippen molar-refractivity contribution in [2.75, 3.05) is 6.61 Å². The second-order valence-corrected chi connectivity index (χ2v) is 4.71. The minimum atomic E-state index is -0.858. The third-order valence-electron chi connectivity index (χ3n) is 3.03. The molecule has 0 heterocycles. The van der Waals surface area contributed by atoms with Crippen LogP contribution < -0.4 is 4.74 Å². The first-order valence-corrected chi connectivity index (χ1v) is 6.81. The highest BCUT2D eigenvalue weighted by Crippen LogP contribution is 2.16. The lowest BCUT2D eigenvalue weighted by molar-refractivity contribution is -0.137. The number of carboxylic acid groups (broad SMARTS) is 1. The molecule has 0 atom stereocenters. The van der Waals surface area contributed by atoms with Gasteiger partial charge in [0.25, 0.3) is 0 Å². The molecule has 0 radical (unpaired) electrons. The number of ether oxygens (including phenoxy) is 1. The molecule has 1 N–H and O–H groups in total. The van der Waals surface area contributed by atoms with Crippen LogP contribution in [0, 0.1) is 5.82 Å². The molecule has 0 saturated heterocycles. The van der Waals surface area contributed by atoms with Gasteiger partial charge in [0.2, 0.25) is 0 Å². The molecule has 0 aromatic heterocycles. The summed E-state index contributed by atoms with van der Waals surface area (Å²) in [6.07, 6.45) is 0.479. The van der Waals surface area contributed by atoms with Crippen LogP contribution >= 0.6 is 0 Å². The molecule has 22 heavy (non-hydrogen) atoms. The minimum Gasteiger partial charge on any atom is -0.494 e. The van der Waals surface area contributed by atoms with Gasteiger partial charge in [0.1, 0.15) is 11.6 Å². The van der Waals surface area contributed by atoms with Gasteiger partial charge in [0.15, 0.2) is 5.78 Å². The average molecular weight is 302 g/mol. The van der Waals surface area contributed by atoms with Crippen LogP contribution in [0.15, 0.2) is 48.5 Å². The summed E-state index contributed by atoms with van der Waals surface area (Å²) >= 11 is 0. The van der Waals surface area contributed by atoms with Crippen molar-refractivity contribution in [2.24, 2.45) is 0 Å². The fourth-order valence-electron chi connectivity index (χ4n) is 1.88. The van der Waals surface area contributed by atoms with Crippen molar-refractivity contribution in [1.29, 1.82) is 0 Å². The first kappa shape index (κ1) is 15.7. The molecule has 5 heteroatoms. The Balaban J connectivity index is 1.95. The van der Waals surface area contributed by atoms with Crippen molar-refractivity contribution in [3.63, 3.8) is 0 Å². The van der Waals surface area contributed by atoms with Crippen LogP contribution in [0.5, 0.6) is 5.75 Å². The van der Waals surface area contributed by atoms with E-state index in [4.69, 9.17) is 9.84 Å². The Kier molecular flexibility index (Phi) is 5.25. The molecule has 2 aromatic rings. The zero-order chi connectivity index (χ0) is 15.9. The fraction of sp³-hybridized carbons (Fsp3) is 0.176. The molecule has 0 unspecified atom stereocenters. The zero-order valence-electron chi connectivity index (χ0n) is 11.8. The number of hydrogen-bond donors (Lipinski definition) is 1. The van der Waals surface area contributed by atoms with Crippen LogP contribution in [-0.2, 0) is 4.79 Å². The lowest BCUT2D eigenvalue weighted by atomic mass is 10.0. The summed E-state index contributed by atoms with van der Waals surface area (Å²) in [6.45, 7) is 0.303. The van der Waals surface area contributed by atoms with Crippen molar-refractivity contribution < 1.29 is 23.8 Å². The van der Waals surface area contributed by atoms with E-state index < -0.39 is 5.97 Å². The fourth-order valence-corrected chi connectivity index (χ4v) is 1.88. The average Bonchev–Trinajstić information content (AvgIpc) is 2.52. The Bertz CT molecular complexity index is 647. The van der Waals surface area contributed by atoms with E-state index in [0.717, 1.165) is 0 Å². The summed E-state index contributed by atoms with van der Waals surface area (Å²) in [6, 6.07) is 11.9. The summed E-state index contributed by atoms with van der Waals surface area (Å²) in [5, 5.41) is 8.52. The molecular formula is C17H15FO4. The Morgan fingerprint density at radius 3 is 2.05 bits per heavy atom. The van der Waals surface area contributed by atoms with Crippen LogP contribution in [-0.4, -0.2) is 23.5 Å². The Hall–Kier alpha value is -2.69. The number of ketones is 1.